The first-order valence-corrected chi connectivity index (χ1v) is 8.51. The second-order valence-electron chi connectivity index (χ2n) is 5.04. The van der Waals surface area contributed by atoms with Gasteiger partial charge in [0.15, 0.2) is 6.61 Å². The Labute approximate surface area is 150 Å². The molecule has 0 aliphatic carbocycles. The molecule has 0 saturated carbocycles. The Morgan fingerprint density at radius 1 is 1.15 bits per heavy atom. The molecule has 1 unspecified atom stereocenters. The molecule has 0 bridgehead atoms. The molecule has 27 heavy (non-hydrogen) atoms. The van der Waals surface area contributed by atoms with Crippen LogP contribution < -0.4 is 0 Å². The maximum Gasteiger partial charge on any atom is 0.432 e. The van der Waals surface area contributed by atoms with E-state index in [2.05, 4.69) is 9.47 Å². The Bertz CT molecular complexity index is 810. The lowest BCUT2D eigenvalue weighted by molar-refractivity contribution is -0.259. The van der Waals surface area contributed by atoms with Crippen LogP contribution in [0.4, 0.5) is 22.0 Å². The van der Waals surface area contributed by atoms with Crippen molar-refractivity contribution in [3.63, 3.8) is 0 Å². The van der Waals surface area contributed by atoms with Crippen LogP contribution in [0.25, 0.3) is 0 Å². The number of rotatable bonds is 7. The Hall–Kier alpha value is -2.22. The number of alkyl halides is 5. The SMILES string of the molecule is BCc1ccccc1C(=O)OCC(=O)OC(C(F)(F)F)C(F)(F)S(=O)(=O)O. The standard InChI is InChI=1S/C13H12BF5O7S/c14-5-7-3-1-2-4-8(7)10(21)25-6-9(20)26-11(12(15,16)17)13(18,19)27(22,23)24/h1-4,11H,5-6,14H2,(H,22,23,24). The van der Waals surface area contributed by atoms with Gasteiger partial charge in [0.1, 0.15) is 7.85 Å². The molecule has 1 atom stereocenters. The summed E-state index contributed by atoms with van der Waals surface area (Å²) in [5.41, 5.74) is 0.477. The van der Waals surface area contributed by atoms with Gasteiger partial charge < -0.3 is 9.47 Å². The highest BCUT2D eigenvalue weighted by Gasteiger charge is 2.66. The Morgan fingerprint density at radius 2 is 1.70 bits per heavy atom. The summed E-state index contributed by atoms with van der Waals surface area (Å²) < 4.78 is 101. The fraction of sp³-hybridized carbons (Fsp3) is 0.385. The molecule has 1 aromatic carbocycles. The van der Waals surface area contributed by atoms with Gasteiger partial charge in [-0.1, -0.05) is 24.5 Å². The molecular weight excluding hydrogens is 406 g/mol. The van der Waals surface area contributed by atoms with Gasteiger partial charge in [-0.2, -0.15) is 30.4 Å². The van der Waals surface area contributed by atoms with Crippen LogP contribution in [0.15, 0.2) is 24.3 Å². The topological polar surface area (TPSA) is 107 Å². The zero-order valence-electron chi connectivity index (χ0n) is 13.5. The third kappa shape index (κ3) is 5.63. The van der Waals surface area contributed by atoms with E-state index >= 15 is 0 Å². The van der Waals surface area contributed by atoms with Crippen LogP contribution in [0, 0.1) is 0 Å². The third-order valence-corrected chi connectivity index (χ3v) is 4.04. The summed E-state index contributed by atoms with van der Waals surface area (Å²) >= 11 is 0. The summed E-state index contributed by atoms with van der Waals surface area (Å²) in [4.78, 5) is 23.2. The second kappa shape index (κ2) is 8.21. The largest absolute Gasteiger partial charge is 0.450 e. The van der Waals surface area contributed by atoms with E-state index in [-0.39, 0.29) is 5.56 Å². The van der Waals surface area contributed by atoms with E-state index in [0.717, 1.165) is 0 Å². The Balaban J connectivity index is 2.88. The van der Waals surface area contributed by atoms with Crippen molar-refractivity contribution in [1.82, 2.24) is 0 Å². The zero-order valence-corrected chi connectivity index (χ0v) is 14.3. The third-order valence-electron chi connectivity index (χ3n) is 3.14. The van der Waals surface area contributed by atoms with Crippen LogP contribution in [0.3, 0.4) is 0 Å². The number of hydrogen-bond acceptors (Lipinski definition) is 6. The van der Waals surface area contributed by atoms with Crippen molar-refractivity contribution in [3.05, 3.63) is 35.4 Å². The van der Waals surface area contributed by atoms with Crippen LogP contribution in [0.1, 0.15) is 15.9 Å². The first-order chi connectivity index (χ1) is 12.2. The summed E-state index contributed by atoms with van der Waals surface area (Å²) in [7, 11) is -4.87. The predicted molar refractivity (Wildman–Crippen MR) is 81.4 cm³/mol. The van der Waals surface area contributed by atoms with Crippen LogP contribution in [0.2, 0.25) is 0 Å². The molecule has 0 fully saturated rings. The molecule has 1 rings (SSSR count). The highest BCUT2D eigenvalue weighted by Crippen LogP contribution is 2.38. The van der Waals surface area contributed by atoms with Crippen molar-refractivity contribution in [1.29, 1.82) is 0 Å². The lowest BCUT2D eigenvalue weighted by atomic mass is 9.93. The first kappa shape index (κ1) is 22.8. The van der Waals surface area contributed by atoms with E-state index in [1.807, 2.05) is 0 Å². The summed E-state index contributed by atoms with van der Waals surface area (Å²) in [5, 5.41) is -5.86. The minimum absolute atomic E-state index is 0.0107. The molecule has 1 N–H and O–H groups in total. The number of ether oxygens (including phenoxy) is 2. The van der Waals surface area contributed by atoms with Gasteiger partial charge in [-0.3, -0.25) is 4.55 Å². The molecule has 0 aliphatic rings. The molecule has 0 saturated heterocycles. The van der Waals surface area contributed by atoms with Crippen LogP contribution in [-0.4, -0.2) is 56.9 Å². The second-order valence-corrected chi connectivity index (χ2v) is 6.53. The van der Waals surface area contributed by atoms with Gasteiger partial charge in [0.25, 0.3) is 6.10 Å². The van der Waals surface area contributed by atoms with Gasteiger partial charge in [0.05, 0.1) is 5.56 Å². The van der Waals surface area contributed by atoms with Crippen molar-refractivity contribution in [2.45, 2.75) is 23.9 Å². The average Bonchev–Trinajstić information content (AvgIpc) is 2.55. The van der Waals surface area contributed by atoms with Gasteiger partial charge in [-0.05, 0) is 11.6 Å². The van der Waals surface area contributed by atoms with Crippen molar-refractivity contribution < 1.29 is 54.0 Å². The molecule has 0 radical (unpaired) electrons. The molecule has 1 aromatic rings. The Kier molecular flexibility index (Phi) is 6.94. The maximum absolute atomic E-state index is 13.3. The number of carbonyl (C=O) groups excluding carboxylic acids is 2. The van der Waals surface area contributed by atoms with E-state index in [4.69, 9.17) is 4.55 Å². The quantitative estimate of drug-likeness (QED) is 0.304. The van der Waals surface area contributed by atoms with E-state index in [9.17, 15) is 40.0 Å². The van der Waals surface area contributed by atoms with E-state index in [0.29, 0.717) is 11.9 Å². The smallest absolute Gasteiger partial charge is 0.432 e. The molecular formula is C13H12BF5O7S. The first-order valence-electron chi connectivity index (χ1n) is 7.07. The lowest BCUT2D eigenvalue weighted by Gasteiger charge is -2.25. The summed E-state index contributed by atoms with van der Waals surface area (Å²) in [6.07, 6.45) is -10.1. The van der Waals surface area contributed by atoms with Gasteiger partial charge in [-0.15, -0.1) is 0 Å². The number of halogens is 5. The van der Waals surface area contributed by atoms with Crippen molar-refractivity contribution in [2.24, 2.45) is 0 Å². The number of hydrogen-bond donors (Lipinski definition) is 1. The molecule has 0 spiro atoms. The van der Waals surface area contributed by atoms with Gasteiger partial charge in [-0.25, -0.2) is 9.59 Å². The summed E-state index contributed by atoms with van der Waals surface area (Å²) in [5.74, 6) is -3.22. The minimum Gasteiger partial charge on any atom is -0.450 e. The fourth-order valence-electron chi connectivity index (χ4n) is 1.86. The highest BCUT2D eigenvalue weighted by atomic mass is 32.2. The molecule has 150 valence electrons. The lowest BCUT2D eigenvalue weighted by Crippen LogP contribution is -2.52. The molecule has 0 amide bonds. The molecule has 0 heterocycles. The minimum atomic E-state index is -6.55. The van der Waals surface area contributed by atoms with Gasteiger partial charge >= 0.3 is 33.5 Å². The molecule has 0 aliphatic heterocycles. The summed E-state index contributed by atoms with van der Waals surface area (Å²) in [6.45, 7) is -1.50. The van der Waals surface area contributed by atoms with Crippen molar-refractivity contribution >= 4 is 29.9 Å². The summed E-state index contributed by atoms with van der Waals surface area (Å²) in [6, 6.07) is 5.88. The van der Waals surface area contributed by atoms with E-state index in [1.54, 1.807) is 20.0 Å². The van der Waals surface area contributed by atoms with E-state index < -0.39 is 46.2 Å². The van der Waals surface area contributed by atoms with Crippen LogP contribution in [0.5, 0.6) is 0 Å². The normalized spacial score (nSPS) is 13.7. The van der Waals surface area contributed by atoms with Gasteiger partial charge in [0.2, 0.25) is 0 Å². The maximum atomic E-state index is 13.3. The van der Waals surface area contributed by atoms with Crippen LogP contribution >= 0.6 is 0 Å². The van der Waals surface area contributed by atoms with Crippen molar-refractivity contribution in [3.8, 4) is 0 Å². The molecule has 0 aromatic heterocycles. The molecule has 7 nitrogen and oxygen atoms in total. The number of esters is 2. The average molecular weight is 418 g/mol. The molecule has 14 heteroatoms. The Morgan fingerprint density at radius 3 is 2.19 bits per heavy atom. The highest BCUT2D eigenvalue weighted by molar-refractivity contribution is 7.86. The van der Waals surface area contributed by atoms with Gasteiger partial charge in [0, 0.05) is 0 Å². The zero-order chi connectivity index (χ0) is 21.0. The fourth-order valence-corrected chi connectivity index (χ4v) is 2.31. The van der Waals surface area contributed by atoms with Crippen LogP contribution in [-0.2, 0) is 30.7 Å². The number of benzene rings is 1. The predicted octanol–water partition coefficient (Wildman–Crippen LogP) is 0.931. The number of carbonyl (C=O) groups is 2. The van der Waals surface area contributed by atoms with E-state index in [1.165, 1.54) is 12.1 Å². The van der Waals surface area contributed by atoms with Crippen molar-refractivity contribution in [2.75, 3.05) is 6.61 Å². The monoisotopic (exact) mass is 418 g/mol.